The molecule has 0 fully saturated rings. The normalized spacial score (nSPS) is 10.9. The predicted molar refractivity (Wildman–Crippen MR) is 63.9 cm³/mol. The first-order valence-corrected chi connectivity index (χ1v) is 5.48. The van der Waals surface area contributed by atoms with Crippen LogP contribution in [0, 0.1) is 13.8 Å². The van der Waals surface area contributed by atoms with Gasteiger partial charge >= 0.3 is 0 Å². The average Bonchev–Trinajstić information content (AvgIpc) is 2.16. The van der Waals surface area contributed by atoms with Gasteiger partial charge in [-0.05, 0) is 43.2 Å². The zero-order valence-electron chi connectivity index (χ0n) is 7.94. The van der Waals surface area contributed by atoms with Crippen molar-refractivity contribution in [2.24, 2.45) is 0 Å². The van der Waals surface area contributed by atoms with Crippen molar-refractivity contribution in [3.8, 4) is 0 Å². The Morgan fingerprint density at radius 1 is 1.21 bits per heavy atom. The van der Waals surface area contributed by atoms with Gasteiger partial charge in [-0.15, -0.1) is 0 Å². The lowest BCUT2D eigenvalue weighted by atomic mass is 10.1. The van der Waals surface area contributed by atoms with Crippen LogP contribution in [0.5, 0.6) is 0 Å². The molecule has 0 radical (unpaired) electrons. The summed E-state index contributed by atoms with van der Waals surface area (Å²) >= 11 is 9.46. The molecule has 0 aliphatic heterocycles. The van der Waals surface area contributed by atoms with Crippen molar-refractivity contribution in [1.29, 1.82) is 0 Å². The van der Waals surface area contributed by atoms with Gasteiger partial charge in [-0.3, -0.25) is 0 Å². The summed E-state index contributed by atoms with van der Waals surface area (Å²) in [5, 5.41) is 1.75. The molecule has 3 heteroatoms. The van der Waals surface area contributed by atoms with Gasteiger partial charge in [0.2, 0.25) is 0 Å². The van der Waals surface area contributed by atoms with Crippen LogP contribution < -0.4 is 0 Å². The van der Waals surface area contributed by atoms with Gasteiger partial charge in [0.25, 0.3) is 0 Å². The van der Waals surface area contributed by atoms with Gasteiger partial charge < -0.3 is 0 Å². The first-order valence-electron chi connectivity index (χ1n) is 4.31. The third-order valence-electron chi connectivity index (χ3n) is 2.45. The first kappa shape index (κ1) is 9.94. The Hall–Kier alpha value is -0.600. The number of benzene rings is 1. The third kappa shape index (κ3) is 1.53. The summed E-state index contributed by atoms with van der Waals surface area (Å²) in [5.74, 6) is 0. The molecule has 1 nitrogen and oxygen atoms in total. The highest BCUT2D eigenvalue weighted by Gasteiger charge is 2.06. The van der Waals surface area contributed by atoms with E-state index >= 15 is 0 Å². The standard InChI is InChI=1S/C11H9BrClN/c1-6-7(2)11(13)14-10-4-3-8(12)5-9(6)10/h3-5H,1-2H3. The molecule has 1 aromatic heterocycles. The van der Waals surface area contributed by atoms with Crippen molar-refractivity contribution in [2.45, 2.75) is 13.8 Å². The second-order valence-electron chi connectivity index (χ2n) is 3.31. The molecule has 0 aliphatic carbocycles. The Labute approximate surface area is 96.2 Å². The fourth-order valence-electron chi connectivity index (χ4n) is 1.45. The van der Waals surface area contributed by atoms with E-state index in [1.165, 1.54) is 5.56 Å². The topological polar surface area (TPSA) is 12.9 Å². The Morgan fingerprint density at radius 3 is 2.64 bits per heavy atom. The minimum atomic E-state index is 0.595. The van der Waals surface area contributed by atoms with Gasteiger partial charge in [-0.25, -0.2) is 4.98 Å². The Morgan fingerprint density at radius 2 is 1.93 bits per heavy atom. The molecule has 14 heavy (non-hydrogen) atoms. The number of aryl methyl sites for hydroxylation is 1. The summed E-state index contributed by atoms with van der Waals surface area (Å²) in [6, 6.07) is 6.01. The lowest BCUT2D eigenvalue weighted by molar-refractivity contribution is 1.28. The maximum atomic E-state index is 6.01. The van der Waals surface area contributed by atoms with Gasteiger partial charge in [-0.1, -0.05) is 27.5 Å². The van der Waals surface area contributed by atoms with Gasteiger partial charge in [0.05, 0.1) is 5.52 Å². The fourth-order valence-corrected chi connectivity index (χ4v) is 2.05. The van der Waals surface area contributed by atoms with Crippen LogP contribution in [-0.2, 0) is 0 Å². The zero-order valence-corrected chi connectivity index (χ0v) is 10.3. The van der Waals surface area contributed by atoms with Crippen LogP contribution in [0.25, 0.3) is 10.9 Å². The summed E-state index contributed by atoms with van der Waals surface area (Å²) < 4.78 is 1.07. The molecule has 0 unspecified atom stereocenters. The van der Waals surface area contributed by atoms with E-state index in [-0.39, 0.29) is 0 Å². The molecule has 2 aromatic rings. The van der Waals surface area contributed by atoms with Crippen LogP contribution in [0.15, 0.2) is 22.7 Å². The predicted octanol–water partition coefficient (Wildman–Crippen LogP) is 4.27. The zero-order chi connectivity index (χ0) is 10.3. The minimum Gasteiger partial charge on any atom is -0.236 e. The highest BCUT2D eigenvalue weighted by molar-refractivity contribution is 9.10. The average molecular weight is 271 g/mol. The molecule has 0 saturated carbocycles. The third-order valence-corrected chi connectivity index (χ3v) is 3.31. The van der Waals surface area contributed by atoms with E-state index in [1.54, 1.807) is 0 Å². The number of rotatable bonds is 0. The van der Waals surface area contributed by atoms with Crippen molar-refractivity contribution >= 4 is 38.4 Å². The van der Waals surface area contributed by atoms with Crippen LogP contribution in [0.4, 0.5) is 0 Å². The maximum Gasteiger partial charge on any atom is 0.132 e. The summed E-state index contributed by atoms with van der Waals surface area (Å²) in [5.41, 5.74) is 3.19. The number of halogens is 2. The first-order chi connectivity index (χ1) is 6.59. The Balaban J connectivity index is 2.92. The number of hydrogen-bond acceptors (Lipinski definition) is 1. The van der Waals surface area contributed by atoms with Crippen molar-refractivity contribution < 1.29 is 0 Å². The van der Waals surface area contributed by atoms with E-state index < -0.39 is 0 Å². The smallest absolute Gasteiger partial charge is 0.132 e. The molecule has 0 atom stereocenters. The molecule has 0 spiro atoms. The molecule has 0 saturated heterocycles. The van der Waals surface area contributed by atoms with Crippen LogP contribution >= 0.6 is 27.5 Å². The number of pyridine rings is 1. The van der Waals surface area contributed by atoms with Gasteiger partial charge in [0.15, 0.2) is 0 Å². The second kappa shape index (κ2) is 3.52. The summed E-state index contributed by atoms with van der Waals surface area (Å²) in [6.07, 6.45) is 0. The quantitative estimate of drug-likeness (QED) is 0.652. The molecule has 0 N–H and O–H groups in total. The SMILES string of the molecule is Cc1c(Cl)nc2ccc(Br)cc2c1C. The highest BCUT2D eigenvalue weighted by Crippen LogP contribution is 2.27. The van der Waals surface area contributed by atoms with Crippen LogP contribution in [0.2, 0.25) is 5.15 Å². The number of fused-ring (bicyclic) bond motifs is 1. The molecule has 2 rings (SSSR count). The fraction of sp³-hybridized carbons (Fsp3) is 0.182. The van der Waals surface area contributed by atoms with Crippen molar-refractivity contribution in [3.05, 3.63) is 39.0 Å². The monoisotopic (exact) mass is 269 g/mol. The van der Waals surface area contributed by atoms with Gasteiger partial charge in [-0.2, -0.15) is 0 Å². The summed E-state index contributed by atoms with van der Waals surface area (Å²) in [4.78, 5) is 4.32. The molecule has 0 aliphatic rings. The molecule has 1 aromatic carbocycles. The molecule has 0 bridgehead atoms. The lowest BCUT2D eigenvalue weighted by Gasteiger charge is -2.07. The second-order valence-corrected chi connectivity index (χ2v) is 4.59. The number of hydrogen-bond donors (Lipinski definition) is 0. The van der Waals surface area contributed by atoms with Crippen molar-refractivity contribution in [2.75, 3.05) is 0 Å². The van der Waals surface area contributed by atoms with E-state index in [1.807, 2.05) is 19.1 Å². The van der Waals surface area contributed by atoms with Crippen LogP contribution in [-0.4, -0.2) is 4.98 Å². The Bertz CT molecular complexity index is 508. The molecular formula is C11H9BrClN. The molecule has 0 amide bonds. The van der Waals surface area contributed by atoms with E-state index in [9.17, 15) is 0 Å². The van der Waals surface area contributed by atoms with Crippen LogP contribution in [0.3, 0.4) is 0 Å². The van der Waals surface area contributed by atoms with E-state index in [4.69, 9.17) is 11.6 Å². The van der Waals surface area contributed by atoms with E-state index in [0.717, 1.165) is 20.9 Å². The summed E-state index contributed by atoms with van der Waals surface area (Å²) in [6.45, 7) is 4.06. The highest BCUT2D eigenvalue weighted by atomic mass is 79.9. The van der Waals surface area contributed by atoms with Gasteiger partial charge in [0, 0.05) is 9.86 Å². The summed E-state index contributed by atoms with van der Waals surface area (Å²) in [7, 11) is 0. The van der Waals surface area contributed by atoms with Crippen LogP contribution in [0.1, 0.15) is 11.1 Å². The molecule has 1 heterocycles. The largest absolute Gasteiger partial charge is 0.236 e. The van der Waals surface area contributed by atoms with E-state index in [0.29, 0.717) is 5.15 Å². The molecule has 72 valence electrons. The maximum absolute atomic E-state index is 6.01. The van der Waals surface area contributed by atoms with Crippen molar-refractivity contribution in [1.82, 2.24) is 4.98 Å². The number of nitrogens with zero attached hydrogens (tertiary/aromatic N) is 1. The Kier molecular flexibility index (Phi) is 2.50. The molecular weight excluding hydrogens is 261 g/mol. The van der Waals surface area contributed by atoms with E-state index in [2.05, 4.69) is 33.9 Å². The number of aromatic nitrogens is 1. The van der Waals surface area contributed by atoms with Crippen molar-refractivity contribution in [3.63, 3.8) is 0 Å². The minimum absolute atomic E-state index is 0.595. The van der Waals surface area contributed by atoms with Gasteiger partial charge in [0.1, 0.15) is 5.15 Å². The lowest BCUT2D eigenvalue weighted by Crippen LogP contribution is -1.90.